The fourth-order valence-electron chi connectivity index (χ4n) is 6.79. The number of hydrogen-bond donors (Lipinski definition) is 1. The SMILES string of the molecule is C[C@@H]1CC[C@H]2[C@@H](C)C(=O)N(NC(=O)c3ccc(-c4ccccc4)cc3)[C@@H]3O[C@@]4(C)CC[C@@H]1[C@@]23OO4. The first kappa shape index (κ1) is 22.7. The van der Waals surface area contributed by atoms with Gasteiger partial charge in [-0.2, -0.15) is 0 Å². The first-order valence-electron chi connectivity index (χ1n) is 12.7. The second-order valence-corrected chi connectivity index (χ2v) is 10.8. The van der Waals surface area contributed by atoms with Crippen LogP contribution in [0.1, 0.15) is 56.8 Å². The largest absolute Gasteiger partial charge is 0.319 e. The fraction of sp³-hybridized carbons (Fsp3) is 0.500. The highest BCUT2D eigenvalue weighted by atomic mass is 17.3. The predicted octanol–water partition coefficient (Wildman–Crippen LogP) is 4.69. The molecular formula is C28H32N2O5. The smallest absolute Gasteiger partial charge is 0.269 e. The van der Waals surface area contributed by atoms with Gasteiger partial charge in [0.25, 0.3) is 5.91 Å². The summed E-state index contributed by atoms with van der Waals surface area (Å²) in [5, 5.41) is 1.39. The molecule has 5 fully saturated rings. The molecule has 2 aromatic carbocycles. The molecule has 4 heterocycles. The summed E-state index contributed by atoms with van der Waals surface area (Å²) in [4.78, 5) is 39.0. The Labute approximate surface area is 205 Å². The van der Waals surface area contributed by atoms with Gasteiger partial charge in [0.1, 0.15) is 0 Å². The Morgan fingerprint density at radius 3 is 2.40 bits per heavy atom. The van der Waals surface area contributed by atoms with Gasteiger partial charge >= 0.3 is 0 Å². The van der Waals surface area contributed by atoms with E-state index in [4.69, 9.17) is 14.5 Å². The maximum Gasteiger partial charge on any atom is 0.269 e. The zero-order chi connectivity index (χ0) is 24.4. The van der Waals surface area contributed by atoms with Gasteiger partial charge in [-0.15, -0.1) is 0 Å². The molecule has 2 amide bonds. The number of piperidine rings is 1. The summed E-state index contributed by atoms with van der Waals surface area (Å²) in [5.74, 6) is -1.22. The summed E-state index contributed by atoms with van der Waals surface area (Å²) in [5.41, 5.74) is 4.66. The molecule has 5 aliphatic rings. The minimum Gasteiger partial charge on any atom is -0.319 e. The van der Waals surface area contributed by atoms with E-state index in [0.717, 1.165) is 30.4 Å². The average Bonchev–Trinajstić information content (AvgIpc) is 3.12. The van der Waals surface area contributed by atoms with Crippen LogP contribution >= 0.6 is 0 Å². The number of nitrogens with one attached hydrogen (secondary N) is 1. The van der Waals surface area contributed by atoms with Gasteiger partial charge in [0, 0.05) is 23.8 Å². The van der Waals surface area contributed by atoms with Crippen LogP contribution in [0.25, 0.3) is 11.1 Å². The molecule has 4 aliphatic heterocycles. The van der Waals surface area contributed by atoms with Crippen LogP contribution < -0.4 is 5.43 Å². The third kappa shape index (κ3) is 3.44. The number of carbonyl (C=O) groups is 2. The Morgan fingerprint density at radius 2 is 1.66 bits per heavy atom. The lowest BCUT2D eigenvalue weighted by molar-refractivity contribution is -0.549. The molecule has 1 N–H and O–H groups in total. The fourth-order valence-corrected chi connectivity index (χ4v) is 6.79. The summed E-state index contributed by atoms with van der Waals surface area (Å²) >= 11 is 0. The van der Waals surface area contributed by atoms with Gasteiger partial charge in [-0.3, -0.25) is 15.0 Å². The number of ether oxygens (including phenoxy) is 1. The average molecular weight is 477 g/mol. The van der Waals surface area contributed by atoms with E-state index < -0.39 is 17.6 Å². The number of nitrogens with zero attached hydrogens (tertiary/aromatic N) is 1. The number of carbonyl (C=O) groups excluding carboxylic acids is 2. The van der Waals surface area contributed by atoms with Crippen molar-refractivity contribution in [2.45, 2.75) is 64.1 Å². The van der Waals surface area contributed by atoms with Gasteiger partial charge in [-0.25, -0.2) is 14.8 Å². The van der Waals surface area contributed by atoms with Crippen LogP contribution in [0.4, 0.5) is 0 Å². The van der Waals surface area contributed by atoms with E-state index in [9.17, 15) is 9.59 Å². The van der Waals surface area contributed by atoms with Crippen LogP contribution in [-0.2, 0) is 19.3 Å². The summed E-state index contributed by atoms with van der Waals surface area (Å²) in [6.45, 7) is 6.03. The van der Waals surface area contributed by atoms with Crippen LogP contribution in [0.2, 0.25) is 0 Å². The number of rotatable bonds is 3. The van der Waals surface area contributed by atoms with Crippen molar-refractivity contribution in [3.63, 3.8) is 0 Å². The van der Waals surface area contributed by atoms with Crippen molar-refractivity contribution in [1.29, 1.82) is 0 Å². The molecule has 7 heteroatoms. The summed E-state index contributed by atoms with van der Waals surface area (Å²) < 4.78 is 6.47. The Hall–Kier alpha value is -2.74. The standard InChI is InChI=1S/C28H32N2O5/c1-17-9-14-23-18(2)25(32)30(26-28(23)22(17)15-16-27(3,33-26)34-35-28)29-24(31)21-12-10-20(11-13-21)19-7-5-4-6-8-19/h4-8,10-13,17-18,22-23,26H,9,14-16H2,1-3H3,(H,29,31)/t17-,18-,22+,23+,26-,27-,28-/m1/s1. The van der Waals surface area contributed by atoms with E-state index >= 15 is 0 Å². The second kappa shape index (κ2) is 8.15. The zero-order valence-electron chi connectivity index (χ0n) is 20.4. The van der Waals surface area contributed by atoms with Crippen LogP contribution in [0.15, 0.2) is 54.6 Å². The topological polar surface area (TPSA) is 77.1 Å². The summed E-state index contributed by atoms with van der Waals surface area (Å²) in [6, 6.07) is 17.4. The van der Waals surface area contributed by atoms with Crippen molar-refractivity contribution >= 4 is 11.8 Å². The third-order valence-corrected chi connectivity index (χ3v) is 8.74. The molecule has 7 nitrogen and oxygen atoms in total. The third-order valence-electron chi connectivity index (χ3n) is 8.74. The molecule has 0 aromatic heterocycles. The van der Waals surface area contributed by atoms with E-state index in [1.54, 1.807) is 12.1 Å². The Balaban J connectivity index is 1.32. The van der Waals surface area contributed by atoms with Gasteiger partial charge in [-0.1, -0.05) is 56.3 Å². The highest BCUT2D eigenvalue weighted by molar-refractivity contribution is 5.96. The lowest BCUT2D eigenvalue weighted by Crippen LogP contribution is -2.77. The summed E-state index contributed by atoms with van der Waals surface area (Å²) in [6.07, 6.45) is 2.75. The maximum atomic E-state index is 13.6. The highest BCUT2D eigenvalue weighted by Crippen LogP contribution is 2.60. The Morgan fingerprint density at radius 1 is 0.943 bits per heavy atom. The van der Waals surface area contributed by atoms with E-state index in [1.165, 1.54) is 5.01 Å². The molecule has 0 unspecified atom stereocenters. The monoisotopic (exact) mass is 476 g/mol. The Kier molecular flexibility index (Phi) is 5.29. The van der Waals surface area contributed by atoms with E-state index in [1.807, 2.05) is 56.3 Å². The van der Waals surface area contributed by atoms with Gasteiger partial charge in [0.15, 0.2) is 11.8 Å². The minimum absolute atomic E-state index is 0.0258. The molecular weight excluding hydrogens is 444 g/mol. The highest BCUT2D eigenvalue weighted by Gasteiger charge is 2.71. The van der Waals surface area contributed by atoms with Crippen molar-refractivity contribution < 1.29 is 24.1 Å². The minimum atomic E-state index is -0.960. The van der Waals surface area contributed by atoms with E-state index in [-0.39, 0.29) is 29.6 Å². The zero-order valence-corrected chi connectivity index (χ0v) is 20.4. The number of hydrazine groups is 1. The van der Waals surface area contributed by atoms with Gasteiger partial charge in [-0.05, 0) is 61.3 Å². The first-order chi connectivity index (χ1) is 16.8. The molecule has 7 rings (SSSR count). The molecule has 0 radical (unpaired) electrons. The quantitative estimate of drug-likeness (QED) is 0.651. The lowest BCUT2D eigenvalue weighted by Gasteiger charge is -2.61. The second-order valence-electron chi connectivity index (χ2n) is 10.8. The van der Waals surface area contributed by atoms with E-state index in [2.05, 4.69) is 12.3 Å². The number of benzene rings is 2. The molecule has 2 bridgehead atoms. The first-order valence-corrected chi connectivity index (χ1v) is 12.7. The van der Waals surface area contributed by atoms with Crippen molar-refractivity contribution in [1.82, 2.24) is 10.4 Å². The van der Waals surface area contributed by atoms with Crippen molar-refractivity contribution in [3.8, 4) is 11.1 Å². The number of fused-ring (bicyclic) bond motifs is 2. The maximum absolute atomic E-state index is 13.6. The molecule has 4 saturated heterocycles. The van der Waals surface area contributed by atoms with Crippen molar-refractivity contribution in [2.24, 2.45) is 23.7 Å². The van der Waals surface area contributed by atoms with Crippen molar-refractivity contribution in [2.75, 3.05) is 0 Å². The predicted molar refractivity (Wildman–Crippen MR) is 128 cm³/mol. The van der Waals surface area contributed by atoms with Crippen molar-refractivity contribution in [3.05, 3.63) is 60.2 Å². The van der Waals surface area contributed by atoms with Crippen LogP contribution in [-0.4, -0.2) is 34.4 Å². The summed E-state index contributed by atoms with van der Waals surface area (Å²) in [7, 11) is 0. The van der Waals surface area contributed by atoms with Gasteiger partial charge in [0.2, 0.25) is 11.7 Å². The number of amides is 2. The molecule has 1 aliphatic carbocycles. The van der Waals surface area contributed by atoms with Crippen LogP contribution in [0.5, 0.6) is 0 Å². The molecule has 1 spiro atoms. The molecule has 1 saturated carbocycles. The molecule has 2 aromatic rings. The Bertz CT molecular complexity index is 1140. The molecule has 35 heavy (non-hydrogen) atoms. The van der Waals surface area contributed by atoms with Crippen LogP contribution in [0, 0.1) is 23.7 Å². The van der Waals surface area contributed by atoms with Gasteiger partial charge in [0.05, 0.1) is 0 Å². The number of hydrogen-bond acceptors (Lipinski definition) is 5. The molecule has 7 atom stereocenters. The van der Waals surface area contributed by atoms with Gasteiger partial charge < -0.3 is 4.74 Å². The normalized spacial score (nSPS) is 38.0. The lowest BCUT2D eigenvalue weighted by atomic mass is 9.57. The van der Waals surface area contributed by atoms with E-state index in [0.29, 0.717) is 17.9 Å². The molecule has 184 valence electrons. The van der Waals surface area contributed by atoms with Crippen LogP contribution in [0.3, 0.4) is 0 Å².